The van der Waals surface area contributed by atoms with Gasteiger partial charge in [0.05, 0.1) is 12.6 Å². The third kappa shape index (κ3) is 5.35. The summed E-state index contributed by atoms with van der Waals surface area (Å²) in [5.41, 5.74) is 1.72. The Balaban J connectivity index is 1.60. The first kappa shape index (κ1) is 20.4. The zero-order valence-corrected chi connectivity index (χ0v) is 17.3. The molecule has 6 nitrogen and oxygen atoms in total. The summed E-state index contributed by atoms with van der Waals surface area (Å²) in [6.07, 6.45) is 4.59. The van der Waals surface area contributed by atoms with E-state index in [-0.39, 0.29) is 6.09 Å². The van der Waals surface area contributed by atoms with E-state index in [1.807, 2.05) is 50.1 Å². The molecule has 0 aliphatic carbocycles. The maximum atomic E-state index is 12.3. The summed E-state index contributed by atoms with van der Waals surface area (Å²) in [7, 11) is 1.68. The Bertz CT molecular complexity index is 816. The average Bonchev–Trinajstić information content (AvgIpc) is 2.90. The van der Waals surface area contributed by atoms with Gasteiger partial charge in [0.25, 0.3) is 0 Å². The van der Waals surface area contributed by atoms with Crippen molar-refractivity contribution in [2.75, 3.05) is 20.2 Å². The van der Waals surface area contributed by atoms with Crippen molar-refractivity contribution in [3.05, 3.63) is 36.0 Å². The average molecular weight is 386 g/mol. The molecule has 1 aromatic heterocycles. The van der Waals surface area contributed by atoms with Crippen LogP contribution in [0.3, 0.4) is 0 Å². The molecule has 1 aliphatic rings. The topological polar surface area (TPSA) is 63.7 Å². The van der Waals surface area contributed by atoms with E-state index in [1.165, 1.54) is 5.56 Å². The normalized spacial score (nSPS) is 18.0. The van der Waals surface area contributed by atoms with E-state index in [1.54, 1.807) is 7.11 Å². The van der Waals surface area contributed by atoms with E-state index in [0.717, 1.165) is 55.5 Å². The van der Waals surface area contributed by atoms with Crippen molar-refractivity contribution in [1.82, 2.24) is 15.2 Å². The standard InChI is InChI=1S/C22H31N3O3/c1-22(2,3)28-21(26)25-12-5-6-17(10-13-25)24-15-16-9-11-23-20-8-7-18(27-4)14-19(16)20/h7-9,11,14,17,24H,5-6,10,12-13,15H2,1-4H3. The molecule has 1 unspecified atom stereocenters. The van der Waals surface area contributed by atoms with Gasteiger partial charge in [-0.15, -0.1) is 0 Å². The van der Waals surface area contributed by atoms with Crippen LogP contribution in [0.15, 0.2) is 30.5 Å². The highest BCUT2D eigenvalue weighted by molar-refractivity contribution is 5.83. The van der Waals surface area contributed by atoms with Gasteiger partial charge in [-0.1, -0.05) is 0 Å². The first-order valence-electron chi connectivity index (χ1n) is 9.98. The van der Waals surface area contributed by atoms with Crippen LogP contribution in [0, 0.1) is 0 Å². The summed E-state index contributed by atoms with van der Waals surface area (Å²) in [6.45, 7) is 7.95. The van der Waals surface area contributed by atoms with Crippen molar-refractivity contribution in [3.8, 4) is 5.75 Å². The molecule has 1 atom stereocenters. The van der Waals surface area contributed by atoms with Crippen LogP contribution < -0.4 is 10.1 Å². The van der Waals surface area contributed by atoms with E-state index in [9.17, 15) is 4.79 Å². The molecule has 0 bridgehead atoms. The Hall–Kier alpha value is -2.34. The maximum Gasteiger partial charge on any atom is 0.410 e. The number of pyridine rings is 1. The van der Waals surface area contributed by atoms with Gasteiger partial charge in [-0.05, 0) is 69.9 Å². The molecule has 152 valence electrons. The second-order valence-corrected chi connectivity index (χ2v) is 8.33. The number of aromatic nitrogens is 1. The van der Waals surface area contributed by atoms with Gasteiger partial charge in [-0.2, -0.15) is 0 Å². The van der Waals surface area contributed by atoms with Gasteiger partial charge in [0, 0.05) is 37.3 Å². The molecule has 3 rings (SSSR count). The van der Waals surface area contributed by atoms with Gasteiger partial charge in [-0.3, -0.25) is 4.98 Å². The molecule has 2 heterocycles. The Morgan fingerprint density at radius 3 is 2.82 bits per heavy atom. The molecule has 6 heteroatoms. The second kappa shape index (κ2) is 8.78. The van der Waals surface area contributed by atoms with Crippen molar-refractivity contribution < 1.29 is 14.3 Å². The van der Waals surface area contributed by atoms with Crippen LogP contribution in [0.4, 0.5) is 4.79 Å². The highest BCUT2D eigenvalue weighted by atomic mass is 16.6. The summed E-state index contributed by atoms with van der Waals surface area (Å²) in [6, 6.07) is 8.39. The van der Waals surface area contributed by atoms with Crippen molar-refractivity contribution in [2.45, 2.75) is 58.2 Å². The number of amides is 1. The quantitative estimate of drug-likeness (QED) is 0.858. The molecular weight excluding hydrogens is 354 g/mol. The van der Waals surface area contributed by atoms with Crippen LogP contribution in [0.1, 0.15) is 45.6 Å². The van der Waals surface area contributed by atoms with E-state index >= 15 is 0 Å². The van der Waals surface area contributed by atoms with E-state index in [2.05, 4.69) is 16.4 Å². The molecule has 0 spiro atoms. The summed E-state index contributed by atoms with van der Waals surface area (Å²) < 4.78 is 10.9. The molecular formula is C22H31N3O3. The minimum absolute atomic E-state index is 0.208. The smallest absolute Gasteiger partial charge is 0.410 e. The predicted molar refractivity (Wildman–Crippen MR) is 111 cm³/mol. The minimum Gasteiger partial charge on any atom is -0.497 e. The molecule has 0 saturated carbocycles. The molecule has 1 fully saturated rings. The fraction of sp³-hybridized carbons (Fsp3) is 0.545. The second-order valence-electron chi connectivity index (χ2n) is 8.33. The number of fused-ring (bicyclic) bond motifs is 1. The molecule has 0 radical (unpaired) electrons. The number of ether oxygens (including phenoxy) is 2. The number of nitrogens with one attached hydrogen (secondary N) is 1. The van der Waals surface area contributed by atoms with Gasteiger partial charge in [0.2, 0.25) is 0 Å². The molecule has 1 aliphatic heterocycles. The van der Waals surface area contributed by atoms with E-state index < -0.39 is 5.60 Å². The third-order valence-electron chi connectivity index (χ3n) is 5.00. The number of carbonyl (C=O) groups excluding carboxylic acids is 1. The Morgan fingerprint density at radius 2 is 2.07 bits per heavy atom. The predicted octanol–water partition coefficient (Wildman–Crippen LogP) is 4.12. The lowest BCUT2D eigenvalue weighted by Gasteiger charge is -2.26. The molecule has 1 amide bonds. The number of hydrogen-bond acceptors (Lipinski definition) is 5. The Labute approximate surface area is 167 Å². The molecule has 1 aromatic carbocycles. The highest BCUT2D eigenvalue weighted by Crippen LogP contribution is 2.23. The Kier molecular flexibility index (Phi) is 6.39. The largest absolute Gasteiger partial charge is 0.497 e. The van der Waals surface area contributed by atoms with Crippen molar-refractivity contribution >= 4 is 17.0 Å². The molecule has 1 N–H and O–H groups in total. The number of carbonyl (C=O) groups is 1. The van der Waals surface area contributed by atoms with Gasteiger partial charge < -0.3 is 19.7 Å². The van der Waals surface area contributed by atoms with Gasteiger partial charge in [-0.25, -0.2) is 4.79 Å². The van der Waals surface area contributed by atoms with Crippen LogP contribution in [-0.2, 0) is 11.3 Å². The first-order valence-corrected chi connectivity index (χ1v) is 9.98. The van der Waals surface area contributed by atoms with E-state index in [4.69, 9.17) is 9.47 Å². The fourth-order valence-corrected chi connectivity index (χ4v) is 3.53. The van der Waals surface area contributed by atoms with Gasteiger partial charge in [0.1, 0.15) is 11.4 Å². The van der Waals surface area contributed by atoms with Crippen LogP contribution in [0.5, 0.6) is 5.75 Å². The first-order chi connectivity index (χ1) is 13.4. The minimum atomic E-state index is -0.454. The number of methoxy groups -OCH3 is 1. The van der Waals surface area contributed by atoms with Gasteiger partial charge >= 0.3 is 6.09 Å². The lowest BCUT2D eigenvalue weighted by Crippen LogP contribution is -2.38. The highest BCUT2D eigenvalue weighted by Gasteiger charge is 2.25. The van der Waals surface area contributed by atoms with Crippen LogP contribution in [0.25, 0.3) is 10.9 Å². The number of nitrogens with zero attached hydrogens (tertiary/aromatic N) is 2. The van der Waals surface area contributed by atoms with Crippen LogP contribution in [-0.4, -0.2) is 47.8 Å². The molecule has 1 saturated heterocycles. The zero-order chi connectivity index (χ0) is 20.1. The third-order valence-corrected chi connectivity index (χ3v) is 5.00. The summed E-state index contributed by atoms with van der Waals surface area (Å²) in [4.78, 5) is 18.6. The maximum absolute atomic E-state index is 12.3. The molecule has 28 heavy (non-hydrogen) atoms. The van der Waals surface area contributed by atoms with Gasteiger partial charge in [0.15, 0.2) is 0 Å². The van der Waals surface area contributed by atoms with E-state index in [0.29, 0.717) is 6.04 Å². The summed E-state index contributed by atoms with van der Waals surface area (Å²) in [5.74, 6) is 0.837. The van der Waals surface area contributed by atoms with Crippen LogP contribution >= 0.6 is 0 Å². The van der Waals surface area contributed by atoms with Crippen LogP contribution in [0.2, 0.25) is 0 Å². The fourth-order valence-electron chi connectivity index (χ4n) is 3.53. The number of benzene rings is 1. The monoisotopic (exact) mass is 385 g/mol. The molecule has 2 aromatic rings. The Morgan fingerprint density at radius 1 is 1.25 bits per heavy atom. The number of rotatable bonds is 4. The summed E-state index contributed by atoms with van der Waals surface area (Å²) in [5, 5.41) is 4.78. The van der Waals surface area contributed by atoms with Crippen molar-refractivity contribution in [2.24, 2.45) is 0 Å². The summed E-state index contributed by atoms with van der Waals surface area (Å²) >= 11 is 0. The lowest BCUT2D eigenvalue weighted by molar-refractivity contribution is 0.0256. The SMILES string of the molecule is COc1ccc2nccc(CNC3CCCN(C(=O)OC(C)(C)C)CC3)c2c1. The van der Waals surface area contributed by atoms with Crippen molar-refractivity contribution in [1.29, 1.82) is 0 Å². The zero-order valence-electron chi connectivity index (χ0n) is 17.3. The lowest BCUT2D eigenvalue weighted by atomic mass is 10.1. The van der Waals surface area contributed by atoms with Crippen molar-refractivity contribution in [3.63, 3.8) is 0 Å². The number of likely N-dealkylation sites (tertiary alicyclic amines) is 1. The number of hydrogen-bond donors (Lipinski definition) is 1.